The minimum absolute atomic E-state index is 0.132. The molecule has 5 nitrogen and oxygen atoms in total. The van der Waals surface area contributed by atoms with Gasteiger partial charge in [0, 0.05) is 18.7 Å². The molecule has 3 N–H and O–H groups in total. The molecule has 18 heavy (non-hydrogen) atoms. The lowest BCUT2D eigenvalue weighted by Gasteiger charge is -2.20. The minimum Gasteiger partial charge on any atom is -0.382 e. The Balaban J connectivity index is 2.77. The largest absolute Gasteiger partial charge is 0.382 e. The number of hydrogen-bond donors (Lipinski definition) is 2. The number of nitrogens with two attached hydrogens (primary N) is 1. The van der Waals surface area contributed by atoms with Crippen molar-refractivity contribution in [1.82, 2.24) is 0 Å². The second kappa shape index (κ2) is 6.30. The number of benzene rings is 1. The van der Waals surface area contributed by atoms with Gasteiger partial charge in [0.15, 0.2) is 0 Å². The van der Waals surface area contributed by atoms with Crippen molar-refractivity contribution in [1.29, 1.82) is 0 Å². The molecule has 1 aromatic carbocycles. The van der Waals surface area contributed by atoms with Gasteiger partial charge in [-0.25, -0.2) is 4.39 Å². The van der Waals surface area contributed by atoms with Crippen LogP contribution in [-0.2, 0) is 0 Å². The van der Waals surface area contributed by atoms with Gasteiger partial charge in [-0.3, -0.25) is 10.1 Å². The first-order valence-corrected chi connectivity index (χ1v) is 5.83. The summed E-state index contributed by atoms with van der Waals surface area (Å²) in [6, 6.07) is 3.43. The summed E-state index contributed by atoms with van der Waals surface area (Å²) in [5.74, 6) is 0.0630. The van der Waals surface area contributed by atoms with E-state index >= 15 is 0 Å². The normalized spacial score (nSPS) is 12.5. The maximum absolute atomic E-state index is 13.5. The Bertz CT molecular complexity index is 424. The van der Waals surface area contributed by atoms with Crippen molar-refractivity contribution in [3.63, 3.8) is 0 Å². The average Bonchev–Trinajstić information content (AvgIpc) is 2.31. The third kappa shape index (κ3) is 3.66. The van der Waals surface area contributed by atoms with Crippen LogP contribution in [0.25, 0.3) is 0 Å². The first-order valence-electron chi connectivity index (χ1n) is 5.83. The lowest BCUT2D eigenvalue weighted by molar-refractivity contribution is -0.384. The molecule has 0 bridgehead atoms. The van der Waals surface area contributed by atoms with E-state index in [0.717, 1.165) is 12.1 Å². The molecule has 0 saturated carbocycles. The SMILES string of the molecule is CC(C)C(CN)CNc1cc([N+](=O)[O-])ccc1F. The third-order valence-electron chi connectivity index (χ3n) is 2.96. The number of nitro benzene ring substituents is 1. The second-order valence-corrected chi connectivity index (χ2v) is 4.54. The molecule has 0 radical (unpaired) electrons. The van der Waals surface area contributed by atoms with Crippen LogP contribution in [0.2, 0.25) is 0 Å². The molecule has 0 heterocycles. The molecule has 0 spiro atoms. The van der Waals surface area contributed by atoms with E-state index in [1.54, 1.807) is 0 Å². The summed E-state index contributed by atoms with van der Waals surface area (Å²) in [7, 11) is 0. The average molecular weight is 255 g/mol. The Labute approximate surface area is 105 Å². The van der Waals surface area contributed by atoms with Crippen LogP contribution in [0.1, 0.15) is 13.8 Å². The molecule has 0 fully saturated rings. The van der Waals surface area contributed by atoms with Crippen molar-refractivity contribution in [3.05, 3.63) is 34.1 Å². The van der Waals surface area contributed by atoms with Crippen molar-refractivity contribution in [2.75, 3.05) is 18.4 Å². The van der Waals surface area contributed by atoms with Crippen LogP contribution in [0.15, 0.2) is 18.2 Å². The van der Waals surface area contributed by atoms with Crippen molar-refractivity contribution in [2.24, 2.45) is 17.6 Å². The topological polar surface area (TPSA) is 81.2 Å². The highest BCUT2D eigenvalue weighted by atomic mass is 19.1. The molecule has 0 aliphatic heterocycles. The zero-order valence-corrected chi connectivity index (χ0v) is 10.5. The molecule has 0 aliphatic carbocycles. The van der Waals surface area contributed by atoms with Gasteiger partial charge in [-0.05, 0) is 24.4 Å². The summed E-state index contributed by atoms with van der Waals surface area (Å²) in [5.41, 5.74) is 5.62. The highest BCUT2D eigenvalue weighted by Crippen LogP contribution is 2.22. The first-order chi connectivity index (χ1) is 8.45. The molecule has 1 aromatic rings. The van der Waals surface area contributed by atoms with Crippen LogP contribution in [0, 0.1) is 27.8 Å². The molecular formula is C12H18FN3O2. The zero-order valence-electron chi connectivity index (χ0n) is 10.5. The number of hydrogen-bond acceptors (Lipinski definition) is 4. The zero-order chi connectivity index (χ0) is 13.7. The summed E-state index contributed by atoms with van der Waals surface area (Å²) in [4.78, 5) is 10.1. The van der Waals surface area contributed by atoms with Gasteiger partial charge in [0.2, 0.25) is 0 Å². The van der Waals surface area contributed by atoms with E-state index in [9.17, 15) is 14.5 Å². The minimum atomic E-state index is -0.548. The molecular weight excluding hydrogens is 237 g/mol. The van der Waals surface area contributed by atoms with E-state index in [4.69, 9.17) is 5.73 Å². The van der Waals surface area contributed by atoms with E-state index in [1.165, 1.54) is 6.07 Å². The highest BCUT2D eigenvalue weighted by molar-refractivity contribution is 5.52. The van der Waals surface area contributed by atoms with Crippen LogP contribution >= 0.6 is 0 Å². The van der Waals surface area contributed by atoms with Crippen molar-refractivity contribution in [3.8, 4) is 0 Å². The number of nitrogens with zero attached hydrogens (tertiary/aromatic N) is 1. The monoisotopic (exact) mass is 255 g/mol. The molecule has 0 aliphatic rings. The number of rotatable bonds is 6. The Hall–Kier alpha value is -1.69. The van der Waals surface area contributed by atoms with Gasteiger partial charge in [0.05, 0.1) is 10.6 Å². The van der Waals surface area contributed by atoms with Gasteiger partial charge in [0.25, 0.3) is 5.69 Å². The fraction of sp³-hybridized carbons (Fsp3) is 0.500. The van der Waals surface area contributed by atoms with Crippen LogP contribution in [0.3, 0.4) is 0 Å². The standard InChI is InChI=1S/C12H18FN3O2/c1-8(2)9(6-14)7-15-12-5-10(16(17)18)3-4-11(12)13/h3-5,8-9,15H,6-7,14H2,1-2H3. The summed E-state index contributed by atoms with van der Waals surface area (Å²) in [6.07, 6.45) is 0. The maximum atomic E-state index is 13.5. The lowest BCUT2D eigenvalue weighted by atomic mass is 9.96. The fourth-order valence-electron chi connectivity index (χ4n) is 1.59. The van der Waals surface area contributed by atoms with Crippen molar-refractivity contribution in [2.45, 2.75) is 13.8 Å². The highest BCUT2D eigenvalue weighted by Gasteiger charge is 2.14. The first kappa shape index (κ1) is 14.4. The number of nitrogens with one attached hydrogen (secondary N) is 1. The van der Waals surface area contributed by atoms with Gasteiger partial charge in [-0.2, -0.15) is 0 Å². The number of anilines is 1. The molecule has 6 heteroatoms. The van der Waals surface area contributed by atoms with E-state index in [2.05, 4.69) is 5.32 Å². The van der Waals surface area contributed by atoms with Gasteiger partial charge >= 0.3 is 0 Å². The molecule has 1 unspecified atom stereocenters. The third-order valence-corrected chi connectivity index (χ3v) is 2.96. The molecule has 0 saturated heterocycles. The molecule has 0 aromatic heterocycles. The summed E-state index contributed by atoms with van der Waals surface area (Å²) < 4.78 is 13.5. The maximum Gasteiger partial charge on any atom is 0.271 e. The predicted octanol–water partition coefficient (Wildman–Crippen LogP) is 2.38. The predicted molar refractivity (Wildman–Crippen MR) is 68.9 cm³/mol. The molecule has 1 atom stereocenters. The van der Waals surface area contributed by atoms with Crippen molar-refractivity contribution >= 4 is 11.4 Å². The van der Waals surface area contributed by atoms with Crippen LogP contribution in [0.5, 0.6) is 0 Å². The van der Waals surface area contributed by atoms with Gasteiger partial charge in [-0.1, -0.05) is 13.8 Å². The fourth-order valence-corrected chi connectivity index (χ4v) is 1.59. The summed E-state index contributed by atoms with van der Waals surface area (Å²) in [6.45, 7) is 5.04. The lowest BCUT2D eigenvalue weighted by Crippen LogP contribution is -2.27. The molecule has 0 amide bonds. The van der Waals surface area contributed by atoms with Crippen LogP contribution in [-0.4, -0.2) is 18.0 Å². The smallest absolute Gasteiger partial charge is 0.271 e. The van der Waals surface area contributed by atoms with Gasteiger partial charge < -0.3 is 11.1 Å². The van der Waals surface area contributed by atoms with E-state index in [1.807, 2.05) is 13.8 Å². The van der Waals surface area contributed by atoms with Gasteiger partial charge in [0.1, 0.15) is 5.82 Å². The quantitative estimate of drug-likeness (QED) is 0.604. The van der Waals surface area contributed by atoms with Gasteiger partial charge in [-0.15, -0.1) is 0 Å². The van der Waals surface area contributed by atoms with Crippen LogP contribution < -0.4 is 11.1 Å². The van der Waals surface area contributed by atoms with Crippen molar-refractivity contribution < 1.29 is 9.31 Å². The Morgan fingerprint density at radius 1 is 1.50 bits per heavy atom. The summed E-state index contributed by atoms with van der Waals surface area (Å²) >= 11 is 0. The number of halogens is 1. The number of nitro groups is 1. The van der Waals surface area contributed by atoms with Crippen LogP contribution in [0.4, 0.5) is 15.8 Å². The Morgan fingerprint density at radius 3 is 2.67 bits per heavy atom. The van der Waals surface area contributed by atoms with E-state index < -0.39 is 10.7 Å². The molecule has 100 valence electrons. The van der Waals surface area contributed by atoms with E-state index in [0.29, 0.717) is 19.0 Å². The second-order valence-electron chi connectivity index (χ2n) is 4.54. The Kier molecular flexibility index (Phi) is 5.03. The van der Waals surface area contributed by atoms with E-state index in [-0.39, 0.29) is 17.3 Å². The summed E-state index contributed by atoms with van der Waals surface area (Å²) in [5, 5.41) is 13.5. The Morgan fingerprint density at radius 2 is 2.17 bits per heavy atom. The molecule has 1 rings (SSSR count). The number of non-ortho nitro benzene ring substituents is 1.